The third-order valence-electron chi connectivity index (χ3n) is 2.83. The van der Waals surface area contributed by atoms with Crippen molar-refractivity contribution in [2.24, 2.45) is 0 Å². The molecule has 0 fully saturated rings. The molecule has 1 aromatic carbocycles. The van der Waals surface area contributed by atoms with Crippen molar-refractivity contribution < 1.29 is 9.21 Å². The topological polar surface area (TPSA) is 60.1 Å². The van der Waals surface area contributed by atoms with Gasteiger partial charge in [-0.05, 0) is 35.9 Å². The van der Waals surface area contributed by atoms with Crippen LogP contribution in [0.5, 0.6) is 0 Å². The lowest BCUT2D eigenvalue weighted by Gasteiger charge is -2.12. The summed E-state index contributed by atoms with van der Waals surface area (Å²) < 4.78 is 6.49. The standard InChI is InChI=1S/C14H9Cl2N3O2/c15-10-3-1-4-11(12(10)19-7-2-6-17-19)18-14(20)9-5-8-21-13(9)16/h1-8H,(H,18,20). The minimum absolute atomic E-state index is 0.0372. The predicted octanol–water partition coefficient (Wildman–Crippen LogP) is 4.02. The van der Waals surface area contributed by atoms with Gasteiger partial charge < -0.3 is 9.73 Å². The molecule has 2 heterocycles. The summed E-state index contributed by atoms with van der Waals surface area (Å²) in [5, 5.41) is 7.39. The molecule has 0 spiro atoms. The van der Waals surface area contributed by atoms with Gasteiger partial charge in [0.15, 0.2) is 0 Å². The molecule has 0 bridgehead atoms. The van der Waals surface area contributed by atoms with Crippen molar-refractivity contribution in [2.45, 2.75) is 0 Å². The van der Waals surface area contributed by atoms with Crippen molar-refractivity contribution in [3.05, 3.63) is 64.8 Å². The van der Waals surface area contributed by atoms with Crippen LogP contribution in [0.2, 0.25) is 10.2 Å². The van der Waals surface area contributed by atoms with E-state index in [1.54, 1.807) is 41.3 Å². The Hall–Kier alpha value is -2.24. The maximum atomic E-state index is 12.2. The molecule has 0 radical (unpaired) electrons. The third kappa shape index (κ3) is 2.66. The molecule has 0 atom stereocenters. The van der Waals surface area contributed by atoms with Crippen LogP contribution in [0, 0.1) is 0 Å². The Balaban J connectivity index is 1.98. The molecule has 7 heteroatoms. The van der Waals surface area contributed by atoms with Gasteiger partial charge in [0.1, 0.15) is 5.69 Å². The van der Waals surface area contributed by atoms with Crippen LogP contribution in [0.1, 0.15) is 10.4 Å². The Bertz CT molecular complexity index is 781. The van der Waals surface area contributed by atoms with Gasteiger partial charge in [0.05, 0.1) is 22.5 Å². The van der Waals surface area contributed by atoms with E-state index >= 15 is 0 Å². The number of halogens is 2. The number of rotatable bonds is 3. The third-order valence-corrected chi connectivity index (χ3v) is 3.43. The first-order valence-electron chi connectivity index (χ1n) is 5.99. The lowest BCUT2D eigenvalue weighted by Crippen LogP contribution is -2.14. The van der Waals surface area contributed by atoms with E-state index in [9.17, 15) is 4.79 Å². The molecule has 0 aliphatic carbocycles. The van der Waals surface area contributed by atoms with Gasteiger partial charge in [0.25, 0.3) is 5.91 Å². The van der Waals surface area contributed by atoms with Crippen LogP contribution in [-0.4, -0.2) is 15.7 Å². The molecule has 0 aliphatic rings. The fourth-order valence-electron chi connectivity index (χ4n) is 1.90. The summed E-state index contributed by atoms with van der Waals surface area (Å²) in [5.74, 6) is -0.385. The Labute approximate surface area is 130 Å². The molecule has 3 aromatic rings. The summed E-state index contributed by atoms with van der Waals surface area (Å²) in [6, 6.07) is 8.45. The van der Waals surface area contributed by atoms with E-state index in [0.29, 0.717) is 16.4 Å². The van der Waals surface area contributed by atoms with Gasteiger partial charge in [0.2, 0.25) is 5.22 Å². The fraction of sp³-hybridized carbons (Fsp3) is 0. The second kappa shape index (κ2) is 5.63. The Morgan fingerprint density at radius 2 is 2.10 bits per heavy atom. The first-order valence-corrected chi connectivity index (χ1v) is 6.75. The number of anilines is 1. The monoisotopic (exact) mass is 321 g/mol. The maximum Gasteiger partial charge on any atom is 0.260 e. The average molecular weight is 322 g/mol. The highest BCUT2D eigenvalue weighted by molar-refractivity contribution is 6.34. The van der Waals surface area contributed by atoms with Gasteiger partial charge in [-0.2, -0.15) is 5.10 Å². The molecular weight excluding hydrogens is 313 g/mol. The zero-order chi connectivity index (χ0) is 14.8. The van der Waals surface area contributed by atoms with Gasteiger partial charge in [-0.15, -0.1) is 0 Å². The molecule has 3 rings (SSSR count). The second-order valence-corrected chi connectivity index (χ2v) is 4.90. The number of benzene rings is 1. The Morgan fingerprint density at radius 3 is 2.76 bits per heavy atom. The summed E-state index contributed by atoms with van der Waals surface area (Å²) in [4.78, 5) is 12.2. The van der Waals surface area contributed by atoms with Gasteiger partial charge in [-0.3, -0.25) is 4.79 Å². The number of amides is 1. The smallest absolute Gasteiger partial charge is 0.260 e. The first-order chi connectivity index (χ1) is 10.2. The molecule has 1 amide bonds. The quantitative estimate of drug-likeness (QED) is 0.792. The average Bonchev–Trinajstić information content (AvgIpc) is 3.10. The van der Waals surface area contributed by atoms with Gasteiger partial charge in [-0.25, -0.2) is 4.68 Å². The van der Waals surface area contributed by atoms with Gasteiger partial charge >= 0.3 is 0 Å². The number of hydrogen-bond acceptors (Lipinski definition) is 3. The zero-order valence-corrected chi connectivity index (χ0v) is 12.1. The van der Waals surface area contributed by atoms with Crippen LogP contribution in [0.3, 0.4) is 0 Å². The van der Waals surface area contributed by atoms with Gasteiger partial charge in [-0.1, -0.05) is 17.7 Å². The molecule has 1 N–H and O–H groups in total. The van der Waals surface area contributed by atoms with Crippen LogP contribution in [0.25, 0.3) is 5.69 Å². The van der Waals surface area contributed by atoms with Crippen molar-refractivity contribution in [3.8, 4) is 5.69 Å². The highest BCUT2D eigenvalue weighted by Gasteiger charge is 2.16. The minimum atomic E-state index is -0.385. The van der Waals surface area contributed by atoms with Crippen LogP contribution < -0.4 is 5.32 Å². The van der Waals surface area contributed by atoms with Crippen LogP contribution in [0.15, 0.2) is 53.4 Å². The molecular formula is C14H9Cl2N3O2. The molecule has 21 heavy (non-hydrogen) atoms. The summed E-state index contributed by atoms with van der Waals surface area (Å²) in [6.45, 7) is 0. The van der Waals surface area contributed by atoms with Crippen LogP contribution in [0.4, 0.5) is 5.69 Å². The number of nitrogens with one attached hydrogen (secondary N) is 1. The van der Waals surface area contributed by atoms with E-state index in [1.807, 2.05) is 0 Å². The number of para-hydroxylation sites is 1. The lowest BCUT2D eigenvalue weighted by molar-refractivity contribution is 0.102. The normalized spacial score (nSPS) is 10.6. The van der Waals surface area contributed by atoms with Crippen molar-refractivity contribution in [2.75, 3.05) is 5.32 Å². The highest BCUT2D eigenvalue weighted by Crippen LogP contribution is 2.29. The van der Waals surface area contributed by atoms with E-state index in [-0.39, 0.29) is 16.7 Å². The van der Waals surface area contributed by atoms with Crippen molar-refractivity contribution in [3.63, 3.8) is 0 Å². The summed E-state index contributed by atoms with van der Waals surface area (Å²) in [7, 11) is 0. The van der Waals surface area contributed by atoms with Crippen molar-refractivity contribution >= 4 is 34.8 Å². The Kier molecular flexibility index (Phi) is 3.68. The molecule has 106 valence electrons. The zero-order valence-electron chi connectivity index (χ0n) is 10.6. The minimum Gasteiger partial charge on any atom is -0.452 e. The summed E-state index contributed by atoms with van der Waals surface area (Å²) >= 11 is 12.0. The molecule has 0 aliphatic heterocycles. The largest absolute Gasteiger partial charge is 0.452 e. The van der Waals surface area contributed by atoms with Crippen LogP contribution in [-0.2, 0) is 0 Å². The summed E-state index contributed by atoms with van der Waals surface area (Å²) in [5.41, 5.74) is 1.36. The molecule has 5 nitrogen and oxygen atoms in total. The molecule has 0 saturated carbocycles. The van der Waals surface area contributed by atoms with E-state index in [4.69, 9.17) is 27.6 Å². The number of nitrogens with zero attached hydrogens (tertiary/aromatic N) is 2. The van der Waals surface area contributed by atoms with E-state index in [2.05, 4.69) is 10.4 Å². The SMILES string of the molecule is O=C(Nc1cccc(Cl)c1-n1cccn1)c1ccoc1Cl. The van der Waals surface area contributed by atoms with E-state index in [0.717, 1.165) is 0 Å². The maximum absolute atomic E-state index is 12.2. The molecule has 2 aromatic heterocycles. The number of furan rings is 1. The lowest BCUT2D eigenvalue weighted by atomic mass is 10.2. The number of carbonyl (C=O) groups excluding carboxylic acids is 1. The molecule has 0 unspecified atom stereocenters. The highest BCUT2D eigenvalue weighted by atomic mass is 35.5. The summed E-state index contributed by atoms with van der Waals surface area (Å²) in [6.07, 6.45) is 4.72. The van der Waals surface area contributed by atoms with Crippen molar-refractivity contribution in [1.29, 1.82) is 0 Å². The van der Waals surface area contributed by atoms with Crippen LogP contribution >= 0.6 is 23.2 Å². The number of hydrogen-bond donors (Lipinski definition) is 1. The van der Waals surface area contributed by atoms with Crippen molar-refractivity contribution in [1.82, 2.24) is 9.78 Å². The first kappa shape index (κ1) is 13.7. The van der Waals surface area contributed by atoms with Gasteiger partial charge in [0, 0.05) is 12.4 Å². The van der Waals surface area contributed by atoms with E-state index < -0.39 is 0 Å². The fourth-order valence-corrected chi connectivity index (χ4v) is 2.36. The second-order valence-electron chi connectivity index (χ2n) is 4.15. The Morgan fingerprint density at radius 1 is 1.24 bits per heavy atom. The number of aromatic nitrogens is 2. The predicted molar refractivity (Wildman–Crippen MR) is 80.2 cm³/mol. The number of carbonyl (C=O) groups is 1. The molecule has 0 saturated heterocycles. The van der Waals surface area contributed by atoms with E-state index in [1.165, 1.54) is 12.3 Å².